The van der Waals surface area contributed by atoms with E-state index < -0.39 is 0 Å². The number of nitrogens with one attached hydrogen (secondary N) is 1. The minimum atomic E-state index is -0.176. The van der Waals surface area contributed by atoms with Crippen LogP contribution >= 0.6 is 0 Å². The fourth-order valence-corrected chi connectivity index (χ4v) is 2.63. The number of nitrogens with zero attached hydrogens (tertiary/aromatic N) is 1. The normalized spacial score (nSPS) is 11.3. The van der Waals surface area contributed by atoms with Crippen molar-refractivity contribution in [1.82, 2.24) is 4.90 Å². The molecule has 0 aromatic heterocycles. The number of rotatable bonds is 10. The van der Waals surface area contributed by atoms with Gasteiger partial charge in [0.1, 0.15) is 0 Å². The lowest BCUT2D eigenvalue weighted by molar-refractivity contribution is -0.111. The summed E-state index contributed by atoms with van der Waals surface area (Å²) in [6, 6.07) is 13.6. The van der Waals surface area contributed by atoms with Crippen LogP contribution in [0.15, 0.2) is 48.5 Å². The van der Waals surface area contributed by atoms with Gasteiger partial charge in [-0.15, -0.1) is 0 Å². The minimum Gasteiger partial charge on any atom is -0.493 e. The summed E-state index contributed by atoms with van der Waals surface area (Å²) in [5, 5.41) is 2.88. The van der Waals surface area contributed by atoms with Gasteiger partial charge >= 0.3 is 0 Å². The van der Waals surface area contributed by atoms with Gasteiger partial charge in [-0.05, 0) is 67.9 Å². The van der Waals surface area contributed by atoms with Crippen LogP contribution < -0.4 is 14.8 Å². The van der Waals surface area contributed by atoms with Gasteiger partial charge in [-0.3, -0.25) is 4.79 Å². The Morgan fingerprint density at radius 1 is 1.10 bits per heavy atom. The number of ether oxygens (including phenoxy) is 2. The van der Waals surface area contributed by atoms with Crippen molar-refractivity contribution >= 4 is 17.7 Å². The fraction of sp³-hybridized carbons (Fsp3) is 0.375. The molecule has 1 N–H and O–H groups in total. The van der Waals surface area contributed by atoms with E-state index in [1.54, 1.807) is 13.2 Å². The van der Waals surface area contributed by atoms with Crippen LogP contribution in [0.25, 0.3) is 6.08 Å². The summed E-state index contributed by atoms with van der Waals surface area (Å²) in [4.78, 5) is 14.4. The highest BCUT2D eigenvalue weighted by atomic mass is 16.5. The zero-order valence-electron chi connectivity index (χ0n) is 18.1. The van der Waals surface area contributed by atoms with Crippen LogP contribution in [0.5, 0.6) is 11.5 Å². The number of hydrogen-bond donors (Lipinski definition) is 1. The number of anilines is 1. The standard InChI is InChI=1S/C24H32N2O3/c1-18(2)17-29-22-12-8-20(16-23(22)28-5)9-13-24(27)25-21-10-6-19(7-11-21)14-15-26(3)4/h6-13,16,18H,14-15,17H2,1-5H3,(H,25,27)/b13-9+. The molecular weight excluding hydrogens is 364 g/mol. The molecule has 0 heterocycles. The van der Waals surface area contributed by atoms with Crippen molar-refractivity contribution in [2.75, 3.05) is 39.7 Å². The van der Waals surface area contributed by atoms with E-state index in [0.29, 0.717) is 24.0 Å². The molecule has 2 aromatic carbocycles. The maximum atomic E-state index is 12.2. The number of amides is 1. The van der Waals surface area contributed by atoms with E-state index in [0.717, 1.165) is 24.2 Å². The molecule has 1 amide bonds. The Bertz CT molecular complexity index is 811. The van der Waals surface area contributed by atoms with E-state index >= 15 is 0 Å². The zero-order valence-corrected chi connectivity index (χ0v) is 18.1. The number of benzene rings is 2. The Labute approximate surface area is 174 Å². The summed E-state index contributed by atoms with van der Waals surface area (Å²) in [7, 11) is 5.73. The first kappa shape index (κ1) is 22.5. The molecular formula is C24H32N2O3. The zero-order chi connectivity index (χ0) is 21.2. The van der Waals surface area contributed by atoms with Gasteiger partial charge in [-0.1, -0.05) is 32.0 Å². The molecule has 29 heavy (non-hydrogen) atoms. The average molecular weight is 397 g/mol. The third kappa shape index (κ3) is 8.00. The van der Waals surface area contributed by atoms with Gasteiger partial charge in [0.2, 0.25) is 5.91 Å². The maximum absolute atomic E-state index is 12.2. The first-order valence-electron chi connectivity index (χ1n) is 9.91. The van der Waals surface area contributed by atoms with Crippen molar-refractivity contribution in [2.24, 2.45) is 5.92 Å². The summed E-state index contributed by atoms with van der Waals surface area (Å²) in [5.74, 6) is 1.62. The van der Waals surface area contributed by atoms with E-state index in [1.807, 2.05) is 42.5 Å². The highest BCUT2D eigenvalue weighted by Crippen LogP contribution is 2.29. The largest absolute Gasteiger partial charge is 0.493 e. The number of carbonyl (C=O) groups excluding carboxylic acids is 1. The Hall–Kier alpha value is -2.79. The molecule has 5 nitrogen and oxygen atoms in total. The number of methoxy groups -OCH3 is 1. The average Bonchev–Trinajstić information content (AvgIpc) is 2.70. The molecule has 0 aliphatic carbocycles. The summed E-state index contributed by atoms with van der Waals surface area (Å²) < 4.78 is 11.2. The van der Waals surface area contributed by atoms with Crippen LogP contribution in [0.2, 0.25) is 0 Å². The SMILES string of the molecule is COc1cc(/C=C/C(=O)Nc2ccc(CCN(C)C)cc2)ccc1OCC(C)C. The highest BCUT2D eigenvalue weighted by molar-refractivity contribution is 6.01. The Balaban J connectivity index is 1.94. The topological polar surface area (TPSA) is 50.8 Å². The van der Waals surface area contributed by atoms with Gasteiger partial charge in [-0.25, -0.2) is 0 Å². The van der Waals surface area contributed by atoms with Gasteiger partial charge in [0.15, 0.2) is 11.5 Å². The first-order valence-corrected chi connectivity index (χ1v) is 9.91. The van der Waals surface area contributed by atoms with Crippen molar-refractivity contribution in [3.8, 4) is 11.5 Å². The molecule has 0 bridgehead atoms. The maximum Gasteiger partial charge on any atom is 0.248 e. The molecule has 0 atom stereocenters. The Kier molecular flexibility index (Phi) is 8.74. The van der Waals surface area contributed by atoms with Gasteiger partial charge in [0, 0.05) is 18.3 Å². The van der Waals surface area contributed by atoms with Gasteiger partial charge < -0.3 is 19.7 Å². The van der Waals surface area contributed by atoms with E-state index in [-0.39, 0.29) is 5.91 Å². The molecule has 0 radical (unpaired) electrons. The third-order valence-corrected chi connectivity index (χ3v) is 4.26. The summed E-state index contributed by atoms with van der Waals surface area (Å²) >= 11 is 0. The summed E-state index contributed by atoms with van der Waals surface area (Å²) in [6.07, 6.45) is 4.26. The molecule has 0 spiro atoms. The van der Waals surface area contributed by atoms with Gasteiger partial charge in [0.05, 0.1) is 13.7 Å². The number of carbonyl (C=O) groups is 1. The Morgan fingerprint density at radius 2 is 1.83 bits per heavy atom. The van der Waals surface area contributed by atoms with Gasteiger partial charge in [-0.2, -0.15) is 0 Å². The van der Waals surface area contributed by atoms with Crippen LogP contribution in [0.1, 0.15) is 25.0 Å². The predicted molar refractivity (Wildman–Crippen MR) is 120 cm³/mol. The third-order valence-electron chi connectivity index (χ3n) is 4.26. The molecule has 5 heteroatoms. The summed E-state index contributed by atoms with van der Waals surface area (Å²) in [5.41, 5.74) is 2.90. The molecule has 2 rings (SSSR count). The molecule has 0 saturated heterocycles. The fourth-order valence-electron chi connectivity index (χ4n) is 2.63. The van der Waals surface area contributed by atoms with Crippen molar-refractivity contribution in [1.29, 1.82) is 0 Å². The Morgan fingerprint density at radius 3 is 2.45 bits per heavy atom. The predicted octanol–water partition coefficient (Wildman–Crippen LogP) is 4.49. The molecule has 0 saturated carbocycles. The van der Waals surface area contributed by atoms with Crippen LogP contribution in [-0.4, -0.2) is 45.2 Å². The molecule has 0 fully saturated rings. The highest BCUT2D eigenvalue weighted by Gasteiger charge is 2.06. The van der Waals surface area contributed by atoms with Crippen molar-refractivity contribution in [3.63, 3.8) is 0 Å². The minimum absolute atomic E-state index is 0.176. The van der Waals surface area contributed by atoms with Gasteiger partial charge in [0.25, 0.3) is 0 Å². The first-order chi connectivity index (χ1) is 13.9. The summed E-state index contributed by atoms with van der Waals surface area (Å²) in [6.45, 7) is 5.82. The lowest BCUT2D eigenvalue weighted by Crippen LogP contribution is -2.15. The quantitative estimate of drug-likeness (QED) is 0.602. The smallest absolute Gasteiger partial charge is 0.248 e. The second kappa shape index (κ2) is 11.3. The van der Waals surface area contributed by atoms with Crippen molar-refractivity contribution < 1.29 is 14.3 Å². The van der Waals surface area contributed by atoms with Crippen LogP contribution in [0.4, 0.5) is 5.69 Å². The number of hydrogen-bond acceptors (Lipinski definition) is 4. The van der Waals surface area contributed by atoms with E-state index in [2.05, 4.69) is 38.2 Å². The monoisotopic (exact) mass is 396 g/mol. The lowest BCUT2D eigenvalue weighted by atomic mass is 10.1. The van der Waals surface area contributed by atoms with E-state index in [1.165, 1.54) is 11.6 Å². The molecule has 0 aliphatic heterocycles. The van der Waals surface area contributed by atoms with Crippen LogP contribution in [0, 0.1) is 5.92 Å². The van der Waals surface area contributed by atoms with Crippen molar-refractivity contribution in [2.45, 2.75) is 20.3 Å². The number of likely N-dealkylation sites (N-methyl/N-ethyl adjacent to an activating group) is 1. The van der Waals surface area contributed by atoms with Crippen molar-refractivity contribution in [3.05, 3.63) is 59.7 Å². The molecule has 0 unspecified atom stereocenters. The second-order valence-electron chi connectivity index (χ2n) is 7.69. The lowest BCUT2D eigenvalue weighted by Gasteiger charge is -2.12. The molecule has 156 valence electrons. The van der Waals surface area contributed by atoms with E-state index in [4.69, 9.17) is 9.47 Å². The molecule has 0 aliphatic rings. The van der Waals surface area contributed by atoms with Crippen LogP contribution in [-0.2, 0) is 11.2 Å². The second-order valence-corrected chi connectivity index (χ2v) is 7.69. The van der Waals surface area contributed by atoms with E-state index in [9.17, 15) is 4.79 Å². The van der Waals surface area contributed by atoms with Crippen LogP contribution in [0.3, 0.4) is 0 Å². The molecule has 2 aromatic rings.